The summed E-state index contributed by atoms with van der Waals surface area (Å²) in [5.41, 5.74) is 0. The van der Waals surface area contributed by atoms with Crippen LogP contribution in [-0.2, 0) is 0 Å². The van der Waals surface area contributed by atoms with Gasteiger partial charge < -0.3 is 0 Å². The van der Waals surface area contributed by atoms with Crippen LogP contribution in [0.15, 0.2) is 60.7 Å². The molecule has 0 spiro atoms. The summed E-state index contributed by atoms with van der Waals surface area (Å²) in [7, 11) is 0. The van der Waals surface area contributed by atoms with Gasteiger partial charge in [0.2, 0.25) is 0 Å². The Balaban J connectivity index is 0.000000659. The van der Waals surface area contributed by atoms with Crippen molar-refractivity contribution in [2.24, 2.45) is 0 Å². The van der Waals surface area contributed by atoms with Gasteiger partial charge >= 0.3 is 93.6 Å². The maximum absolute atomic E-state index is 2.44. The summed E-state index contributed by atoms with van der Waals surface area (Å²) in [4.78, 5) is 0. The second kappa shape index (κ2) is 11.4. The first-order valence-electron chi connectivity index (χ1n) is 6.72. The van der Waals surface area contributed by atoms with Crippen molar-refractivity contribution in [3.8, 4) is 0 Å². The van der Waals surface area contributed by atoms with E-state index in [9.17, 15) is 0 Å². The molecule has 0 unspecified atom stereocenters. The van der Waals surface area contributed by atoms with Crippen LogP contribution in [0.1, 0.15) is 27.7 Å². The molecule has 0 aliphatic rings. The van der Waals surface area contributed by atoms with E-state index in [0.717, 1.165) is 0 Å². The van der Waals surface area contributed by atoms with E-state index in [0.29, 0.717) is 0 Å². The van der Waals surface area contributed by atoms with Gasteiger partial charge in [0.15, 0.2) is 0 Å². The number of benzene rings is 2. The Morgan fingerprint density at radius 1 is 0.556 bits per heavy atom. The van der Waals surface area contributed by atoms with E-state index in [1.165, 1.54) is 0 Å². The molecular weight excluding hydrogens is 413 g/mol. The van der Waals surface area contributed by atoms with E-state index in [1.54, 1.807) is 6.54 Å². The van der Waals surface area contributed by atoms with Crippen molar-refractivity contribution >= 4 is 28.3 Å². The molecule has 0 aliphatic heterocycles. The van der Waals surface area contributed by atoms with Crippen molar-refractivity contribution < 1.29 is 0 Å². The Hall–Kier alpha value is -0.677. The molecule has 0 aliphatic carbocycles. The molecule has 1 heteroatoms. The van der Waals surface area contributed by atoms with Gasteiger partial charge in [-0.3, -0.25) is 0 Å². The third-order valence-electron chi connectivity index (χ3n) is 2.29. The van der Waals surface area contributed by atoms with Crippen molar-refractivity contribution in [3.63, 3.8) is 0 Å². The molecule has 98 valence electrons. The van der Waals surface area contributed by atoms with Gasteiger partial charge in [-0.2, -0.15) is 0 Å². The second-order valence-electron chi connectivity index (χ2n) is 3.23. The second-order valence-corrected chi connectivity index (χ2v) is 11.6. The Bertz CT molecular complexity index is 341. The first kappa shape index (κ1) is 17.3. The van der Waals surface area contributed by atoms with Crippen LogP contribution in [0.25, 0.3) is 0 Å². The topological polar surface area (TPSA) is 0 Å². The van der Waals surface area contributed by atoms with E-state index in [1.807, 2.05) is 27.7 Å². The molecule has 0 saturated carbocycles. The summed E-state index contributed by atoms with van der Waals surface area (Å²) in [5, 5.41) is 0. The van der Waals surface area contributed by atoms with E-state index >= 15 is 0 Å². The van der Waals surface area contributed by atoms with Gasteiger partial charge in [0.05, 0.1) is 0 Å². The first-order chi connectivity index (χ1) is 8.88. The Morgan fingerprint density at radius 2 is 0.833 bits per heavy atom. The number of hydrogen-bond donors (Lipinski definition) is 0. The van der Waals surface area contributed by atoms with Crippen molar-refractivity contribution in [2.75, 3.05) is 0 Å². The summed E-state index contributed by atoms with van der Waals surface area (Å²) in [6.07, 6.45) is 0. The summed E-state index contributed by atoms with van der Waals surface area (Å²) < 4.78 is 5.60. The van der Waals surface area contributed by atoms with E-state index in [2.05, 4.69) is 65.3 Å². The third-order valence-corrected chi connectivity index (χ3v) is 10.6. The molecule has 0 fully saturated rings. The van der Waals surface area contributed by atoms with Crippen LogP contribution in [0.4, 0.5) is 0 Å². The molecule has 2 rings (SSSR count). The summed E-state index contributed by atoms with van der Waals surface area (Å²) >= 11 is -1.57. The first-order valence-corrected chi connectivity index (χ1v) is 13.7. The minimum atomic E-state index is -1.57. The average molecular weight is 438 g/mol. The SMILES string of the molecule is CC.CC.[CH3][Bi]([c]1ccccc1)[c]1ccccc1. The zero-order chi connectivity index (χ0) is 13.8. The molecule has 0 aromatic heterocycles. The van der Waals surface area contributed by atoms with Crippen molar-refractivity contribution in [3.05, 3.63) is 60.7 Å². The molecule has 0 saturated heterocycles. The third kappa shape index (κ3) is 5.78. The van der Waals surface area contributed by atoms with Gasteiger partial charge in [0, 0.05) is 0 Å². The molecule has 0 amide bonds. The molecule has 0 N–H and O–H groups in total. The van der Waals surface area contributed by atoms with Crippen LogP contribution in [0.2, 0.25) is 4.63 Å². The molecule has 0 bridgehead atoms. The fourth-order valence-corrected chi connectivity index (χ4v) is 7.43. The van der Waals surface area contributed by atoms with E-state index < -0.39 is 21.8 Å². The van der Waals surface area contributed by atoms with Gasteiger partial charge in [-0.05, 0) is 0 Å². The van der Waals surface area contributed by atoms with Crippen LogP contribution < -0.4 is 6.54 Å². The average Bonchev–Trinajstić information content (AvgIpc) is 2.52. The van der Waals surface area contributed by atoms with Crippen LogP contribution in [0, 0.1) is 0 Å². The zero-order valence-electron chi connectivity index (χ0n) is 12.2. The van der Waals surface area contributed by atoms with Crippen molar-refractivity contribution in [2.45, 2.75) is 32.3 Å². The van der Waals surface area contributed by atoms with Gasteiger partial charge in [0.25, 0.3) is 0 Å². The van der Waals surface area contributed by atoms with Crippen LogP contribution in [-0.4, -0.2) is 21.8 Å². The monoisotopic (exact) mass is 438 g/mol. The normalized spacial score (nSPS) is 8.78. The number of rotatable bonds is 2. The standard InChI is InChI=1S/2C6H5.2C2H6.CH3.Bi/c2*1-2-4-6-5-3-1;2*1-2;;/h2*1-5H;2*1-2H3;1H3;. The molecule has 0 atom stereocenters. The van der Waals surface area contributed by atoms with Gasteiger partial charge in [-0.15, -0.1) is 0 Å². The fourth-order valence-electron chi connectivity index (χ4n) is 1.45. The quantitative estimate of drug-likeness (QED) is 0.623. The minimum absolute atomic E-state index is 1.57. The van der Waals surface area contributed by atoms with Crippen LogP contribution >= 0.6 is 0 Å². The zero-order valence-corrected chi connectivity index (χ0v) is 15.7. The van der Waals surface area contributed by atoms with Crippen molar-refractivity contribution in [1.29, 1.82) is 0 Å². The molecule has 0 nitrogen and oxygen atoms in total. The van der Waals surface area contributed by atoms with Gasteiger partial charge in [-0.1, -0.05) is 27.7 Å². The Kier molecular flexibility index (Phi) is 11.0. The van der Waals surface area contributed by atoms with Gasteiger partial charge in [0.1, 0.15) is 0 Å². The molecule has 2 aromatic rings. The number of hydrogen-bond acceptors (Lipinski definition) is 0. The molecule has 18 heavy (non-hydrogen) atoms. The van der Waals surface area contributed by atoms with E-state index in [4.69, 9.17) is 0 Å². The predicted octanol–water partition coefficient (Wildman–Crippen LogP) is 3.98. The summed E-state index contributed by atoms with van der Waals surface area (Å²) in [6, 6.07) is 21.8. The van der Waals surface area contributed by atoms with Crippen LogP contribution in [0.3, 0.4) is 0 Å². The summed E-state index contributed by atoms with van der Waals surface area (Å²) in [6.45, 7) is 8.00. The molecule has 0 heterocycles. The molecule has 0 radical (unpaired) electrons. The fraction of sp³-hybridized carbons (Fsp3) is 0.294. The van der Waals surface area contributed by atoms with Crippen LogP contribution in [0.5, 0.6) is 0 Å². The maximum atomic E-state index is 2.44. The Labute approximate surface area is 121 Å². The van der Waals surface area contributed by atoms with Crippen molar-refractivity contribution in [1.82, 2.24) is 0 Å². The molecule has 2 aromatic carbocycles. The van der Waals surface area contributed by atoms with E-state index in [-0.39, 0.29) is 0 Å². The Morgan fingerprint density at radius 3 is 1.11 bits per heavy atom. The summed E-state index contributed by atoms with van der Waals surface area (Å²) in [5.74, 6) is 0. The van der Waals surface area contributed by atoms with Gasteiger partial charge in [-0.25, -0.2) is 0 Å². The molecular formula is C17H25Bi. The predicted molar refractivity (Wildman–Crippen MR) is 86.5 cm³/mol.